The minimum absolute atomic E-state index is 0.0846. The number of sulfone groups is 1. The van der Waals surface area contributed by atoms with Gasteiger partial charge in [-0.15, -0.1) is 0 Å². The van der Waals surface area contributed by atoms with Crippen molar-refractivity contribution in [2.24, 2.45) is 0 Å². The number of hydrogen-bond donors (Lipinski definition) is 1. The predicted molar refractivity (Wildman–Crippen MR) is 122 cm³/mol. The molecule has 1 aromatic heterocycles. The molecule has 0 aliphatic carbocycles. The van der Waals surface area contributed by atoms with Crippen LogP contribution in [0.15, 0.2) is 48.5 Å². The Labute approximate surface area is 190 Å². The first-order chi connectivity index (χ1) is 14.3. The molecule has 1 fully saturated rings. The summed E-state index contributed by atoms with van der Waals surface area (Å²) < 4.78 is 26.2. The summed E-state index contributed by atoms with van der Waals surface area (Å²) in [5.74, 6) is 0.876. The third kappa shape index (κ3) is 4.95. The van der Waals surface area contributed by atoms with E-state index in [1.54, 1.807) is 22.9 Å². The molecule has 158 valence electrons. The lowest BCUT2D eigenvalue weighted by molar-refractivity contribution is 0.146. The van der Waals surface area contributed by atoms with E-state index in [0.29, 0.717) is 45.8 Å². The molecule has 30 heavy (non-hydrogen) atoms. The Bertz CT molecular complexity index is 1210. The molecule has 1 N–H and O–H groups in total. The maximum atomic E-state index is 12.1. The number of halogens is 2. The standard InChI is InChI=1S/C20H20Cl2N4O2S2/c21-15-6-7-18(22)17(10-15)19-23-20(29)26(24-19)13-25(11-14-4-2-1-3-5-14)16-8-9-30(27,28)12-16/h1-7,10,16H,8-9,11-13H2,(H,23,24,29). The van der Waals surface area contributed by atoms with Gasteiger partial charge in [0.2, 0.25) is 4.77 Å². The van der Waals surface area contributed by atoms with Gasteiger partial charge in [-0.1, -0.05) is 53.5 Å². The van der Waals surface area contributed by atoms with Crippen LogP contribution in [-0.2, 0) is 23.1 Å². The zero-order chi connectivity index (χ0) is 21.3. The fourth-order valence-electron chi connectivity index (χ4n) is 3.61. The molecule has 2 aromatic carbocycles. The van der Waals surface area contributed by atoms with E-state index in [1.807, 2.05) is 30.3 Å². The van der Waals surface area contributed by atoms with Gasteiger partial charge in [-0.05, 0) is 42.4 Å². The second-order valence-corrected chi connectivity index (χ2v) is 10.8. The molecular weight excluding hydrogens is 463 g/mol. The van der Waals surface area contributed by atoms with Gasteiger partial charge < -0.3 is 0 Å². The molecule has 1 aliphatic heterocycles. The maximum Gasteiger partial charge on any atom is 0.217 e. The van der Waals surface area contributed by atoms with Crippen molar-refractivity contribution in [2.45, 2.75) is 25.7 Å². The summed E-state index contributed by atoms with van der Waals surface area (Å²) in [7, 11) is -3.02. The first kappa shape index (κ1) is 21.5. The van der Waals surface area contributed by atoms with E-state index in [-0.39, 0.29) is 17.5 Å². The lowest BCUT2D eigenvalue weighted by atomic mass is 10.1. The first-order valence-electron chi connectivity index (χ1n) is 9.41. The van der Waals surface area contributed by atoms with Crippen LogP contribution >= 0.6 is 35.4 Å². The van der Waals surface area contributed by atoms with Crippen molar-refractivity contribution in [3.05, 3.63) is 68.9 Å². The van der Waals surface area contributed by atoms with Crippen molar-refractivity contribution in [1.29, 1.82) is 0 Å². The van der Waals surface area contributed by atoms with Crippen LogP contribution in [0.1, 0.15) is 12.0 Å². The Morgan fingerprint density at radius 2 is 1.97 bits per heavy atom. The van der Waals surface area contributed by atoms with Crippen molar-refractivity contribution in [1.82, 2.24) is 19.7 Å². The molecule has 10 heteroatoms. The molecule has 2 heterocycles. The van der Waals surface area contributed by atoms with E-state index in [9.17, 15) is 8.42 Å². The smallest absolute Gasteiger partial charge is 0.217 e. The average molecular weight is 483 g/mol. The summed E-state index contributed by atoms with van der Waals surface area (Å²) in [5.41, 5.74) is 1.76. The zero-order valence-electron chi connectivity index (χ0n) is 16.0. The summed E-state index contributed by atoms with van der Waals surface area (Å²) in [6.07, 6.45) is 0.601. The van der Waals surface area contributed by atoms with Crippen LogP contribution in [0.3, 0.4) is 0 Å². The minimum Gasteiger partial charge on any atom is -0.278 e. The number of H-pyrrole nitrogens is 1. The van der Waals surface area contributed by atoms with Gasteiger partial charge >= 0.3 is 0 Å². The molecule has 0 bridgehead atoms. The quantitative estimate of drug-likeness (QED) is 0.521. The maximum absolute atomic E-state index is 12.1. The van der Waals surface area contributed by atoms with Crippen molar-refractivity contribution >= 4 is 45.3 Å². The topological polar surface area (TPSA) is 71.0 Å². The molecule has 4 rings (SSSR count). The van der Waals surface area contributed by atoms with Gasteiger partial charge in [0.15, 0.2) is 15.7 Å². The van der Waals surface area contributed by atoms with Gasteiger partial charge in [0, 0.05) is 23.2 Å². The van der Waals surface area contributed by atoms with Crippen molar-refractivity contribution < 1.29 is 8.42 Å². The van der Waals surface area contributed by atoms with Crippen molar-refractivity contribution in [3.63, 3.8) is 0 Å². The second kappa shape index (κ2) is 8.80. The molecular formula is C20H20Cl2N4O2S2. The Morgan fingerprint density at radius 1 is 1.20 bits per heavy atom. The van der Waals surface area contributed by atoms with E-state index in [4.69, 9.17) is 35.4 Å². The first-order valence-corrected chi connectivity index (χ1v) is 12.4. The van der Waals surface area contributed by atoms with E-state index in [0.717, 1.165) is 5.56 Å². The van der Waals surface area contributed by atoms with Crippen LogP contribution in [0, 0.1) is 4.77 Å². The Balaban J connectivity index is 1.63. The summed E-state index contributed by atoms with van der Waals surface area (Å²) >= 11 is 17.9. The highest BCUT2D eigenvalue weighted by Gasteiger charge is 2.32. The highest BCUT2D eigenvalue weighted by Crippen LogP contribution is 2.28. The van der Waals surface area contributed by atoms with Gasteiger partial charge in [-0.3, -0.25) is 10.00 Å². The van der Waals surface area contributed by atoms with Crippen LogP contribution in [0.4, 0.5) is 0 Å². The van der Waals surface area contributed by atoms with Gasteiger partial charge in [0.25, 0.3) is 0 Å². The molecule has 1 aliphatic rings. The molecule has 0 amide bonds. The normalized spacial score (nSPS) is 18.2. The van der Waals surface area contributed by atoms with E-state index < -0.39 is 9.84 Å². The predicted octanol–water partition coefficient (Wildman–Crippen LogP) is 4.56. The van der Waals surface area contributed by atoms with E-state index in [1.165, 1.54) is 0 Å². The molecule has 6 nitrogen and oxygen atoms in total. The highest BCUT2D eigenvalue weighted by atomic mass is 35.5. The van der Waals surface area contributed by atoms with Crippen LogP contribution in [0.25, 0.3) is 11.4 Å². The van der Waals surface area contributed by atoms with Crippen LogP contribution in [0.2, 0.25) is 10.0 Å². The molecule has 0 radical (unpaired) electrons. The Kier molecular flexibility index (Phi) is 6.31. The van der Waals surface area contributed by atoms with Crippen molar-refractivity contribution in [2.75, 3.05) is 11.5 Å². The number of hydrogen-bond acceptors (Lipinski definition) is 5. The number of aromatic amines is 1. The molecule has 0 spiro atoms. The molecule has 1 atom stereocenters. The average Bonchev–Trinajstić information content (AvgIpc) is 3.26. The lowest BCUT2D eigenvalue weighted by Gasteiger charge is -2.28. The van der Waals surface area contributed by atoms with Crippen molar-refractivity contribution in [3.8, 4) is 11.4 Å². The summed E-state index contributed by atoms with van der Waals surface area (Å²) in [5, 5.41) is 4.25. The number of benzene rings is 2. The fourth-order valence-corrected chi connectivity index (χ4v) is 5.94. The lowest BCUT2D eigenvalue weighted by Crippen LogP contribution is -2.37. The SMILES string of the molecule is O=S1(=O)CCC(N(Cc2ccccc2)Cn2[nH]c(-c3cc(Cl)ccc3Cl)nc2=S)C1. The van der Waals surface area contributed by atoms with Gasteiger partial charge in [0.1, 0.15) is 0 Å². The van der Waals surface area contributed by atoms with Gasteiger partial charge in [-0.25, -0.2) is 13.1 Å². The highest BCUT2D eigenvalue weighted by molar-refractivity contribution is 7.91. The summed E-state index contributed by atoms with van der Waals surface area (Å²) in [4.78, 5) is 6.55. The number of nitrogens with one attached hydrogen (secondary N) is 1. The Hall–Kier alpha value is -1.71. The van der Waals surface area contributed by atoms with Crippen LogP contribution in [-0.4, -0.2) is 45.6 Å². The number of rotatable bonds is 6. The molecule has 3 aromatic rings. The Morgan fingerprint density at radius 3 is 2.67 bits per heavy atom. The summed E-state index contributed by atoms with van der Waals surface area (Å²) in [6, 6.07) is 15.0. The number of nitrogens with zero attached hydrogens (tertiary/aromatic N) is 3. The molecule has 0 saturated carbocycles. The monoisotopic (exact) mass is 482 g/mol. The van der Waals surface area contributed by atoms with Crippen LogP contribution in [0.5, 0.6) is 0 Å². The largest absolute Gasteiger partial charge is 0.278 e. The number of aromatic nitrogens is 3. The third-order valence-electron chi connectivity index (χ3n) is 5.14. The fraction of sp³-hybridized carbons (Fsp3) is 0.300. The third-order valence-corrected chi connectivity index (χ3v) is 7.77. The van der Waals surface area contributed by atoms with E-state index >= 15 is 0 Å². The molecule has 1 unspecified atom stereocenters. The second-order valence-electron chi connectivity index (χ2n) is 7.34. The molecule has 1 saturated heterocycles. The summed E-state index contributed by atoms with van der Waals surface area (Å²) in [6.45, 7) is 0.994. The van der Waals surface area contributed by atoms with Crippen LogP contribution < -0.4 is 0 Å². The zero-order valence-corrected chi connectivity index (χ0v) is 19.1. The van der Waals surface area contributed by atoms with E-state index in [2.05, 4.69) is 15.0 Å². The van der Waals surface area contributed by atoms with Gasteiger partial charge in [0.05, 0.1) is 23.2 Å². The van der Waals surface area contributed by atoms with Gasteiger partial charge in [-0.2, -0.15) is 4.98 Å². The minimum atomic E-state index is -3.02.